The zero-order chi connectivity index (χ0) is 13.7. The first-order chi connectivity index (χ1) is 9.20. The molecule has 1 aromatic heterocycles. The summed E-state index contributed by atoms with van der Waals surface area (Å²) in [6.07, 6.45) is 7.54. The number of aromatic nitrogens is 2. The molecule has 19 heavy (non-hydrogen) atoms. The lowest BCUT2D eigenvalue weighted by molar-refractivity contribution is 0.632. The van der Waals surface area contributed by atoms with Gasteiger partial charge in [-0.2, -0.15) is 4.98 Å². The van der Waals surface area contributed by atoms with Crippen molar-refractivity contribution in [2.75, 3.05) is 11.5 Å². The number of fused-ring (bicyclic) bond motifs is 1. The summed E-state index contributed by atoms with van der Waals surface area (Å²) >= 11 is 0. The number of aryl methyl sites for hydroxylation is 1. The normalized spacial score (nSPS) is 11.0. The lowest BCUT2D eigenvalue weighted by Gasteiger charge is -2.06. The minimum Gasteiger partial charge on any atom is -0.383 e. The second-order valence-electron chi connectivity index (χ2n) is 4.98. The van der Waals surface area contributed by atoms with E-state index in [0.29, 0.717) is 5.82 Å². The maximum Gasteiger partial charge on any atom is 0.222 e. The van der Waals surface area contributed by atoms with Crippen LogP contribution in [-0.4, -0.2) is 9.97 Å². The molecule has 0 saturated heterocycles. The third kappa shape index (κ3) is 3.56. The Morgan fingerprint density at radius 1 is 1.00 bits per heavy atom. The number of nitrogens with zero attached hydrogens (tertiary/aromatic N) is 2. The van der Waals surface area contributed by atoms with Crippen molar-refractivity contribution in [3.05, 3.63) is 23.8 Å². The van der Waals surface area contributed by atoms with Crippen LogP contribution in [0.1, 0.15) is 44.6 Å². The van der Waals surface area contributed by atoms with Crippen molar-refractivity contribution >= 4 is 22.7 Å². The molecule has 0 radical (unpaired) electrons. The van der Waals surface area contributed by atoms with Gasteiger partial charge in [0.25, 0.3) is 0 Å². The van der Waals surface area contributed by atoms with E-state index in [9.17, 15) is 0 Å². The molecule has 102 valence electrons. The van der Waals surface area contributed by atoms with Crippen molar-refractivity contribution in [1.82, 2.24) is 9.97 Å². The highest BCUT2D eigenvalue weighted by Gasteiger charge is 2.04. The van der Waals surface area contributed by atoms with Gasteiger partial charge in [-0.1, -0.05) is 38.7 Å². The summed E-state index contributed by atoms with van der Waals surface area (Å²) in [6.45, 7) is 2.23. The van der Waals surface area contributed by atoms with Crippen molar-refractivity contribution in [3.8, 4) is 0 Å². The Balaban J connectivity index is 2.05. The zero-order valence-corrected chi connectivity index (χ0v) is 11.5. The van der Waals surface area contributed by atoms with Crippen molar-refractivity contribution in [2.24, 2.45) is 0 Å². The smallest absolute Gasteiger partial charge is 0.222 e. The molecule has 0 atom stereocenters. The SMILES string of the molecule is CCCCCCCc1ccc2nc(N)nc(N)c2c1. The second kappa shape index (κ2) is 6.36. The van der Waals surface area contributed by atoms with Gasteiger partial charge in [-0.15, -0.1) is 0 Å². The van der Waals surface area contributed by atoms with Gasteiger partial charge in [-0.05, 0) is 30.5 Å². The number of unbranched alkanes of at least 4 members (excludes halogenated alkanes) is 4. The maximum atomic E-state index is 5.89. The van der Waals surface area contributed by atoms with Crippen LogP contribution >= 0.6 is 0 Å². The lowest BCUT2D eigenvalue weighted by Crippen LogP contribution is -2.00. The molecule has 0 unspecified atom stereocenters. The van der Waals surface area contributed by atoms with Crippen molar-refractivity contribution in [3.63, 3.8) is 0 Å². The summed E-state index contributed by atoms with van der Waals surface area (Å²) in [4.78, 5) is 8.19. The van der Waals surface area contributed by atoms with Crippen LogP contribution in [0.4, 0.5) is 11.8 Å². The van der Waals surface area contributed by atoms with E-state index in [1.165, 1.54) is 37.7 Å². The molecular formula is C15H22N4. The first-order valence-electron chi connectivity index (χ1n) is 7.02. The van der Waals surface area contributed by atoms with Gasteiger partial charge in [0.2, 0.25) is 5.95 Å². The average molecular weight is 258 g/mol. The van der Waals surface area contributed by atoms with Crippen LogP contribution in [0.15, 0.2) is 18.2 Å². The molecule has 1 aromatic carbocycles. The topological polar surface area (TPSA) is 77.8 Å². The molecule has 4 nitrogen and oxygen atoms in total. The van der Waals surface area contributed by atoms with Crippen LogP contribution in [0.2, 0.25) is 0 Å². The van der Waals surface area contributed by atoms with Gasteiger partial charge in [0, 0.05) is 5.39 Å². The molecule has 1 heterocycles. The first-order valence-corrected chi connectivity index (χ1v) is 7.02. The molecule has 4 heteroatoms. The van der Waals surface area contributed by atoms with Crippen LogP contribution in [-0.2, 0) is 6.42 Å². The molecule has 0 fully saturated rings. The zero-order valence-electron chi connectivity index (χ0n) is 11.5. The number of benzene rings is 1. The van der Waals surface area contributed by atoms with E-state index in [-0.39, 0.29) is 5.95 Å². The van der Waals surface area contributed by atoms with Crippen molar-refractivity contribution in [1.29, 1.82) is 0 Å². The quantitative estimate of drug-likeness (QED) is 0.779. The number of hydrogen-bond acceptors (Lipinski definition) is 4. The van der Waals surface area contributed by atoms with Crippen LogP contribution in [0.5, 0.6) is 0 Å². The molecule has 0 saturated carbocycles. The van der Waals surface area contributed by atoms with Gasteiger partial charge in [0.1, 0.15) is 5.82 Å². The highest BCUT2D eigenvalue weighted by Crippen LogP contribution is 2.21. The van der Waals surface area contributed by atoms with Gasteiger partial charge in [0.05, 0.1) is 5.52 Å². The molecule has 0 aliphatic carbocycles. The lowest BCUT2D eigenvalue weighted by atomic mass is 10.0. The van der Waals surface area contributed by atoms with Crippen LogP contribution in [0.25, 0.3) is 10.9 Å². The Hall–Kier alpha value is -1.84. The number of anilines is 2. The standard InChI is InChI=1S/C15H22N4/c1-2-3-4-5-6-7-11-8-9-13-12(10-11)14(16)19-15(17)18-13/h8-10H,2-7H2,1H3,(H4,16,17,18,19). The highest BCUT2D eigenvalue weighted by molar-refractivity contribution is 5.89. The molecule has 0 amide bonds. The summed E-state index contributed by atoms with van der Waals surface area (Å²) in [5.74, 6) is 0.702. The van der Waals surface area contributed by atoms with Gasteiger partial charge < -0.3 is 11.5 Å². The summed E-state index contributed by atoms with van der Waals surface area (Å²) in [5, 5.41) is 0.903. The van der Waals surface area contributed by atoms with Gasteiger partial charge in [0.15, 0.2) is 0 Å². The fraction of sp³-hybridized carbons (Fsp3) is 0.467. The predicted octanol–water partition coefficient (Wildman–Crippen LogP) is 3.31. The Morgan fingerprint density at radius 3 is 2.58 bits per heavy atom. The molecule has 4 N–H and O–H groups in total. The van der Waals surface area contributed by atoms with E-state index in [1.807, 2.05) is 6.07 Å². The summed E-state index contributed by atoms with van der Waals surface area (Å²) in [7, 11) is 0. The first kappa shape index (κ1) is 13.6. The Morgan fingerprint density at radius 2 is 1.79 bits per heavy atom. The third-order valence-corrected chi connectivity index (χ3v) is 3.38. The third-order valence-electron chi connectivity index (χ3n) is 3.38. The fourth-order valence-electron chi connectivity index (χ4n) is 2.31. The van der Waals surface area contributed by atoms with Gasteiger partial charge in [-0.3, -0.25) is 0 Å². The summed E-state index contributed by atoms with van der Waals surface area (Å²) in [6, 6.07) is 6.17. The van der Waals surface area contributed by atoms with Crippen LogP contribution < -0.4 is 11.5 Å². The minimum absolute atomic E-state index is 0.234. The number of hydrogen-bond donors (Lipinski definition) is 2. The minimum atomic E-state index is 0.234. The summed E-state index contributed by atoms with van der Waals surface area (Å²) < 4.78 is 0. The van der Waals surface area contributed by atoms with Crippen molar-refractivity contribution in [2.45, 2.75) is 45.4 Å². The van der Waals surface area contributed by atoms with E-state index in [4.69, 9.17) is 11.5 Å². The van der Waals surface area contributed by atoms with E-state index in [1.54, 1.807) is 0 Å². The van der Waals surface area contributed by atoms with E-state index in [2.05, 4.69) is 29.0 Å². The number of nitrogens with two attached hydrogens (primary N) is 2. The molecule has 0 spiro atoms. The largest absolute Gasteiger partial charge is 0.383 e. The number of rotatable bonds is 6. The molecule has 0 aliphatic heterocycles. The summed E-state index contributed by atoms with van der Waals surface area (Å²) in [5.41, 5.74) is 13.6. The second-order valence-corrected chi connectivity index (χ2v) is 4.98. The predicted molar refractivity (Wildman–Crippen MR) is 80.8 cm³/mol. The average Bonchev–Trinajstić information content (AvgIpc) is 2.39. The fourth-order valence-corrected chi connectivity index (χ4v) is 2.31. The molecular weight excluding hydrogens is 236 g/mol. The molecule has 0 bridgehead atoms. The number of nitrogen functional groups attached to an aromatic ring is 2. The molecule has 2 rings (SSSR count). The van der Waals surface area contributed by atoms with E-state index in [0.717, 1.165) is 17.3 Å². The Kier molecular flexibility index (Phi) is 4.55. The van der Waals surface area contributed by atoms with Crippen LogP contribution in [0, 0.1) is 0 Å². The molecule has 0 aliphatic rings. The van der Waals surface area contributed by atoms with E-state index >= 15 is 0 Å². The Labute approximate surface area is 114 Å². The van der Waals surface area contributed by atoms with E-state index < -0.39 is 0 Å². The van der Waals surface area contributed by atoms with Gasteiger partial charge in [-0.25, -0.2) is 4.98 Å². The highest BCUT2D eigenvalue weighted by atomic mass is 15.0. The van der Waals surface area contributed by atoms with Crippen molar-refractivity contribution < 1.29 is 0 Å². The maximum absolute atomic E-state index is 5.89. The van der Waals surface area contributed by atoms with Crippen LogP contribution in [0.3, 0.4) is 0 Å². The van der Waals surface area contributed by atoms with Gasteiger partial charge >= 0.3 is 0 Å². The Bertz CT molecular complexity index is 551. The molecule has 2 aromatic rings. The monoisotopic (exact) mass is 258 g/mol.